The van der Waals surface area contributed by atoms with Gasteiger partial charge in [0.2, 0.25) is 0 Å². The maximum absolute atomic E-state index is 12.6. The van der Waals surface area contributed by atoms with Gasteiger partial charge in [-0.3, -0.25) is 4.79 Å². The minimum Gasteiger partial charge on any atom is -0.330 e. The van der Waals surface area contributed by atoms with Gasteiger partial charge in [-0.25, -0.2) is 8.78 Å². The zero-order valence-electron chi connectivity index (χ0n) is 9.91. The zero-order valence-corrected chi connectivity index (χ0v) is 11.5. The first-order chi connectivity index (χ1) is 9.06. The van der Waals surface area contributed by atoms with Crippen molar-refractivity contribution in [3.8, 4) is 0 Å². The molecule has 102 valence electrons. The lowest BCUT2D eigenvalue weighted by Crippen LogP contribution is -2.00. The number of hydrogen-bond donors (Lipinski definition) is 1. The van der Waals surface area contributed by atoms with Gasteiger partial charge in [0, 0.05) is 4.88 Å². The van der Waals surface area contributed by atoms with Gasteiger partial charge in [0.15, 0.2) is 0 Å². The Morgan fingerprint density at radius 2 is 1.84 bits per heavy atom. The van der Waals surface area contributed by atoms with Gasteiger partial charge in [0.05, 0.1) is 0 Å². The topological polar surface area (TPSA) is 43.1 Å². The molecule has 1 heterocycles. The van der Waals surface area contributed by atoms with E-state index in [0.29, 0.717) is 0 Å². The van der Waals surface area contributed by atoms with Crippen LogP contribution < -0.4 is 5.73 Å². The Bertz CT molecular complexity index is 511. The SMILES string of the molecule is NCCc1cccs1.O=C(Cl)c1c(F)cccc1F. The van der Waals surface area contributed by atoms with Gasteiger partial charge in [-0.1, -0.05) is 12.1 Å². The van der Waals surface area contributed by atoms with E-state index in [1.807, 2.05) is 0 Å². The van der Waals surface area contributed by atoms with Gasteiger partial charge in [-0.2, -0.15) is 0 Å². The number of nitrogens with two attached hydrogens (primary N) is 1. The van der Waals surface area contributed by atoms with Crippen LogP contribution in [-0.2, 0) is 6.42 Å². The highest BCUT2D eigenvalue weighted by atomic mass is 35.5. The lowest BCUT2D eigenvalue weighted by atomic mass is 10.2. The van der Waals surface area contributed by atoms with Gasteiger partial charge in [-0.05, 0) is 48.1 Å². The first-order valence-electron chi connectivity index (χ1n) is 5.42. The predicted octanol–water partition coefficient (Wildman–Crippen LogP) is 3.59. The molecule has 0 saturated heterocycles. The lowest BCUT2D eigenvalue weighted by molar-refractivity contribution is 0.107. The van der Waals surface area contributed by atoms with Crippen LogP contribution in [-0.4, -0.2) is 11.8 Å². The summed E-state index contributed by atoms with van der Waals surface area (Å²) in [5, 5.41) is 0.950. The van der Waals surface area contributed by atoms with Crippen molar-refractivity contribution in [2.75, 3.05) is 6.54 Å². The molecule has 0 aliphatic heterocycles. The van der Waals surface area contributed by atoms with Crippen LogP contribution in [0.1, 0.15) is 15.2 Å². The monoisotopic (exact) mass is 303 g/mol. The molecular weight excluding hydrogens is 292 g/mol. The third-order valence-corrected chi connectivity index (χ3v) is 3.26. The van der Waals surface area contributed by atoms with Gasteiger partial charge >= 0.3 is 0 Å². The summed E-state index contributed by atoms with van der Waals surface area (Å²) >= 11 is 6.66. The highest BCUT2D eigenvalue weighted by Gasteiger charge is 2.13. The van der Waals surface area contributed by atoms with Crippen molar-refractivity contribution in [2.45, 2.75) is 6.42 Å². The molecule has 1 aromatic heterocycles. The second-order valence-electron chi connectivity index (χ2n) is 3.49. The molecule has 0 radical (unpaired) electrons. The molecule has 0 aliphatic rings. The Balaban J connectivity index is 0.000000200. The zero-order chi connectivity index (χ0) is 14.3. The molecule has 2 rings (SSSR count). The van der Waals surface area contributed by atoms with Crippen molar-refractivity contribution >= 4 is 28.2 Å². The molecule has 2 nitrogen and oxygen atoms in total. The molecule has 0 unspecified atom stereocenters. The fourth-order valence-electron chi connectivity index (χ4n) is 1.28. The average Bonchev–Trinajstić information content (AvgIpc) is 2.82. The molecule has 19 heavy (non-hydrogen) atoms. The van der Waals surface area contributed by atoms with Crippen LogP contribution in [0, 0.1) is 11.6 Å². The van der Waals surface area contributed by atoms with E-state index in [-0.39, 0.29) is 0 Å². The van der Waals surface area contributed by atoms with Crippen molar-refractivity contribution in [3.05, 3.63) is 57.8 Å². The van der Waals surface area contributed by atoms with E-state index >= 15 is 0 Å². The molecule has 0 amide bonds. The number of carbonyl (C=O) groups is 1. The van der Waals surface area contributed by atoms with Crippen LogP contribution in [0.4, 0.5) is 8.78 Å². The van der Waals surface area contributed by atoms with E-state index < -0.39 is 22.4 Å². The van der Waals surface area contributed by atoms with Crippen molar-refractivity contribution in [1.82, 2.24) is 0 Å². The summed E-state index contributed by atoms with van der Waals surface area (Å²) in [7, 11) is 0. The molecule has 0 bridgehead atoms. The number of carbonyl (C=O) groups excluding carboxylic acids is 1. The molecule has 0 saturated carbocycles. The summed E-state index contributed by atoms with van der Waals surface area (Å²) in [5.74, 6) is -1.88. The standard InChI is InChI=1S/C7H3ClF2O.C6H9NS/c8-7(11)6-4(9)2-1-3-5(6)10;7-4-3-6-2-1-5-8-6/h1-3H;1-2,5H,3-4,7H2. The number of thiophene rings is 1. The van der Waals surface area contributed by atoms with Crippen LogP contribution in [0.5, 0.6) is 0 Å². The highest BCUT2D eigenvalue weighted by molar-refractivity contribution is 7.09. The Morgan fingerprint density at radius 3 is 2.21 bits per heavy atom. The molecular formula is C13H12ClF2NOS. The van der Waals surface area contributed by atoms with E-state index in [0.717, 1.165) is 31.2 Å². The van der Waals surface area contributed by atoms with Crippen LogP contribution in [0.2, 0.25) is 0 Å². The maximum atomic E-state index is 12.6. The summed E-state index contributed by atoms with van der Waals surface area (Å²) in [5.41, 5.74) is 4.63. The fraction of sp³-hybridized carbons (Fsp3) is 0.154. The molecule has 2 N–H and O–H groups in total. The summed E-state index contributed by atoms with van der Waals surface area (Å²) < 4.78 is 25.1. The minimum atomic E-state index is -1.12. The summed E-state index contributed by atoms with van der Waals surface area (Å²) in [4.78, 5) is 11.8. The van der Waals surface area contributed by atoms with Gasteiger partial charge < -0.3 is 5.73 Å². The van der Waals surface area contributed by atoms with Crippen molar-refractivity contribution in [3.63, 3.8) is 0 Å². The number of halogens is 3. The second kappa shape index (κ2) is 7.99. The minimum absolute atomic E-state index is 0.700. The molecule has 0 fully saturated rings. The van der Waals surface area contributed by atoms with Crippen molar-refractivity contribution < 1.29 is 13.6 Å². The van der Waals surface area contributed by atoms with Crippen LogP contribution in [0.15, 0.2) is 35.7 Å². The molecule has 2 aromatic rings. The smallest absolute Gasteiger partial charge is 0.258 e. The first-order valence-corrected chi connectivity index (χ1v) is 6.68. The first kappa shape index (κ1) is 15.8. The summed E-state index contributed by atoms with van der Waals surface area (Å²) in [6, 6.07) is 7.26. The van der Waals surface area contributed by atoms with Crippen molar-refractivity contribution in [1.29, 1.82) is 0 Å². The molecule has 0 spiro atoms. The van der Waals surface area contributed by atoms with E-state index in [1.54, 1.807) is 11.3 Å². The van der Waals surface area contributed by atoms with Crippen molar-refractivity contribution in [2.24, 2.45) is 5.73 Å². The second-order valence-corrected chi connectivity index (χ2v) is 4.86. The maximum Gasteiger partial charge on any atom is 0.258 e. The molecule has 0 atom stereocenters. The normalized spacial score (nSPS) is 9.68. The fourth-order valence-corrected chi connectivity index (χ4v) is 2.19. The Morgan fingerprint density at radius 1 is 1.21 bits per heavy atom. The summed E-state index contributed by atoms with van der Waals surface area (Å²) in [6.45, 7) is 0.764. The Hall–Kier alpha value is -1.30. The predicted molar refractivity (Wildman–Crippen MR) is 73.6 cm³/mol. The number of rotatable bonds is 3. The summed E-state index contributed by atoms with van der Waals surface area (Å²) in [6.07, 6.45) is 1.03. The third-order valence-electron chi connectivity index (χ3n) is 2.13. The van der Waals surface area contributed by atoms with E-state index in [4.69, 9.17) is 17.3 Å². The van der Waals surface area contributed by atoms with Crippen LogP contribution in [0.3, 0.4) is 0 Å². The quantitative estimate of drug-likeness (QED) is 0.881. The van der Waals surface area contributed by atoms with E-state index in [9.17, 15) is 13.6 Å². The average molecular weight is 304 g/mol. The van der Waals surface area contributed by atoms with Crippen LogP contribution in [0.25, 0.3) is 0 Å². The molecule has 6 heteroatoms. The van der Waals surface area contributed by atoms with Gasteiger partial charge in [0.25, 0.3) is 5.24 Å². The Kier molecular flexibility index (Phi) is 6.62. The third kappa shape index (κ3) is 5.06. The van der Waals surface area contributed by atoms with Gasteiger partial charge in [0.1, 0.15) is 17.2 Å². The van der Waals surface area contributed by atoms with E-state index in [2.05, 4.69) is 17.5 Å². The molecule has 1 aromatic carbocycles. The lowest BCUT2D eigenvalue weighted by Gasteiger charge is -1.96. The van der Waals surface area contributed by atoms with E-state index in [1.165, 1.54) is 4.88 Å². The Labute approximate surface area is 118 Å². The highest BCUT2D eigenvalue weighted by Crippen LogP contribution is 2.13. The molecule has 0 aliphatic carbocycles. The van der Waals surface area contributed by atoms with Crippen LogP contribution >= 0.6 is 22.9 Å². The largest absolute Gasteiger partial charge is 0.330 e. The van der Waals surface area contributed by atoms with Gasteiger partial charge in [-0.15, -0.1) is 11.3 Å². The number of benzene rings is 1. The number of hydrogen-bond acceptors (Lipinski definition) is 3.